The second-order valence-electron chi connectivity index (χ2n) is 5.13. The zero-order chi connectivity index (χ0) is 14.3. The van der Waals surface area contributed by atoms with Crippen molar-refractivity contribution in [1.82, 2.24) is 9.55 Å². The SMILES string of the molecule is CC(C)n1c(-c2cc(N)ccc2Cl)nc2ccccc21. The number of hydrogen-bond acceptors (Lipinski definition) is 2. The van der Waals surface area contributed by atoms with Gasteiger partial charge in [0.1, 0.15) is 5.82 Å². The standard InChI is InChI=1S/C16H16ClN3/c1-10(2)20-15-6-4-3-5-14(15)19-16(20)12-9-11(18)7-8-13(12)17/h3-10H,18H2,1-2H3. The number of para-hydroxylation sites is 2. The van der Waals surface area contributed by atoms with Crippen molar-refractivity contribution in [3.05, 3.63) is 47.5 Å². The largest absolute Gasteiger partial charge is 0.399 e. The maximum Gasteiger partial charge on any atom is 0.142 e. The Bertz CT molecular complexity index is 774. The molecule has 0 aliphatic rings. The van der Waals surface area contributed by atoms with Gasteiger partial charge in [-0.05, 0) is 44.2 Å². The number of anilines is 1. The van der Waals surface area contributed by atoms with Crippen LogP contribution in [0.4, 0.5) is 5.69 Å². The molecule has 3 rings (SSSR count). The van der Waals surface area contributed by atoms with Gasteiger partial charge in [-0.2, -0.15) is 0 Å². The lowest BCUT2D eigenvalue weighted by molar-refractivity contribution is 0.624. The molecule has 20 heavy (non-hydrogen) atoms. The van der Waals surface area contributed by atoms with Crippen LogP contribution in [0, 0.1) is 0 Å². The van der Waals surface area contributed by atoms with Crippen molar-refractivity contribution in [1.29, 1.82) is 0 Å². The lowest BCUT2D eigenvalue weighted by Crippen LogP contribution is -2.03. The minimum atomic E-state index is 0.287. The molecule has 0 amide bonds. The van der Waals surface area contributed by atoms with E-state index in [4.69, 9.17) is 22.3 Å². The fourth-order valence-corrected chi connectivity index (χ4v) is 2.67. The number of fused-ring (bicyclic) bond motifs is 1. The van der Waals surface area contributed by atoms with E-state index in [1.807, 2.05) is 30.3 Å². The van der Waals surface area contributed by atoms with Gasteiger partial charge < -0.3 is 10.3 Å². The Morgan fingerprint density at radius 1 is 1.15 bits per heavy atom. The minimum absolute atomic E-state index is 0.287. The van der Waals surface area contributed by atoms with E-state index in [0.717, 1.165) is 22.4 Å². The minimum Gasteiger partial charge on any atom is -0.399 e. The second kappa shape index (κ2) is 4.84. The first kappa shape index (κ1) is 13.0. The van der Waals surface area contributed by atoms with Crippen molar-refractivity contribution in [3.8, 4) is 11.4 Å². The molecule has 102 valence electrons. The Balaban J connectivity index is 2.35. The van der Waals surface area contributed by atoms with Gasteiger partial charge in [-0.3, -0.25) is 0 Å². The van der Waals surface area contributed by atoms with E-state index >= 15 is 0 Å². The van der Waals surface area contributed by atoms with Crippen LogP contribution in [-0.4, -0.2) is 9.55 Å². The maximum atomic E-state index is 6.33. The van der Waals surface area contributed by atoms with Gasteiger partial charge in [0.05, 0.1) is 16.1 Å². The highest BCUT2D eigenvalue weighted by Gasteiger charge is 2.16. The molecule has 0 fully saturated rings. The van der Waals surface area contributed by atoms with Gasteiger partial charge in [-0.1, -0.05) is 23.7 Å². The van der Waals surface area contributed by atoms with E-state index in [0.29, 0.717) is 10.7 Å². The van der Waals surface area contributed by atoms with Crippen LogP contribution in [0.2, 0.25) is 5.02 Å². The average molecular weight is 286 g/mol. The number of imidazole rings is 1. The van der Waals surface area contributed by atoms with Crippen molar-refractivity contribution in [3.63, 3.8) is 0 Å². The number of hydrogen-bond donors (Lipinski definition) is 1. The Labute approximate surface area is 123 Å². The summed E-state index contributed by atoms with van der Waals surface area (Å²) in [6, 6.07) is 13.9. The number of rotatable bonds is 2. The zero-order valence-corrected chi connectivity index (χ0v) is 12.2. The molecule has 2 aromatic carbocycles. The molecule has 1 heterocycles. The van der Waals surface area contributed by atoms with Crippen LogP contribution < -0.4 is 5.73 Å². The Morgan fingerprint density at radius 3 is 2.65 bits per heavy atom. The third-order valence-electron chi connectivity index (χ3n) is 3.34. The normalized spacial score (nSPS) is 11.4. The Morgan fingerprint density at radius 2 is 1.90 bits per heavy atom. The molecule has 3 nitrogen and oxygen atoms in total. The zero-order valence-electron chi connectivity index (χ0n) is 11.5. The summed E-state index contributed by atoms with van der Waals surface area (Å²) >= 11 is 6.33. The number of halogens is 1. The van der Waals surface area contributed by atoms with E-state index in [2.05, 4.69) is 24.5 Å². The second-order valence-corrected chi connectivity index (χ2v) is 5.53. The Kier molecular flexibility index (Phi) is 3.14. The van der Waals surface area contributed by atoms with Crippen LogP contribution in [0.3, 0.4) is 0 Å². The predicted octanol–water partition coefficient (Wildman–Crippen LogP) is 4.52. The third kappa shape index (κ3) is 2.04. The lowest BCUT2D eigenvalue weighted by Gasteiger charge is -2.14. The molecule has 0 saturated heterocycles. The molecular formula is C16H16ClN3. The highest BCUT2D eigenvalue weighted by molar-refractivity contribution is 6.33. The van der Waals surface area contributed by atoms with E-state index in [9.17, 15) is 0 Å². The van der Waals surface area contributed by atoms with E-state index < -0.39 is 0 Å². The Hall–Kier alpha value is -2.00. The summed E-state index contributed by atoms with van der Waals surface area (Å²) in [5.74, 6) is 0.860. The summed E-state index contributed by atoms with van der Waals surface area (Å²) in [6.07, 6.45) is 0. The van der Waals surface area contributed by atoms with Crippen LogP contribution in [0.15, 0.2) is 42.5 Å². The van der Waals surface area contributed by atoms with Gasteiger partial charge in [0.15, 0.2) is 0 Å². The van der Waals surface area contributed by atoms with E-state index in [1.165, 1.54) is 0 Å². The molecule has 0 aliphatic carbocycles. The molecule has 0 saturated carbocycles. The fraction of sp³-hybridized carbons (Fsp3) is 0.188. The molecule has 1 aromatic heterocycles. The van der Waals surface area contributed by atoms with Crippen molar-refractivity contribution in [2.75, 3.05) is 5.73 Å². The molecule has 0 unspecified atom stereocenters. The smallest absolute Gasteiger partial charge is 0.142 e. The fourth-order valence-electron chi connectivity index (χ4n) is 2.47. The van der Waals surface area contributed by atoms with Gasteiger partial charge >= 0.3 is 0 Å². The molecule has 4 heteroatoms. The van der Waals surface area contributed by atoms with Crippen LogP contribution in [0.5, 0.6) is 0 Å². The number of nitrogens with two attached hydrogens (primary N) is 1. The maximum absolute atomic E-state index is 6.33. The van der Waals surface area contributed by atoms with Crippen molar-refractivity contribution in [2.45, 2.75) is 19.9 Å². The molecule has 0 aliphatic heterocycles. The topological polar surface area (TPSA) is 43.8 Å². The molecule has 0 atom stereocenters. The molecule has 0 spiro atoms. The van der Waals surface area contributed by atoms with Crippen molar-refractivity contribution in [2.24, 2.45) is 0 Å². The monoisotopic (exact) mass is 285 g/mol. The van der Waals surface area contributed by atoms with Gasteiger partial charge in [0.25, 0.3) is 0 Å². The predicted molar refractivity (Wildman–Crippen MR) is 85.0 cm³/mol. The van der Waals surface area contributed by atoms with Crippen LogP contribution in [0.1, 0.15) is 19.9 Å². The van der Waals surface area contributed by atoms with E-state index in [1.54, 1.807) is 6.07 Å². The lowest BCUT2D eigenvalue weighted by atomic mass is 10.2. The number of aromatic nitrogens is 2. The number of benzene rings is 2. The number of nitrogen functional groups attached to an aromatic ring is 1. The van der Waals surface area contributed by atoms with Crippen LogP contribution in [-0.2, 0) is 0 Å². The van der Waals surface area contributed by atoms with Crippen LogP contribution in [0.25, 0.3) is 22.4 Å². The van der Waals surface area contributed by atoms with Crippen molar-refractivity contribution < 1.29 is 0 Å². The van der Waals surface area contributed by atoms with Gasteiger partial charge in [-0.25, -0.2) is 4.98 Å². The average Bonchev–Trinajstić information content (AvgIpc) is 2.80. The van der Waals surface area contributed by atoms with Gasteiger partial charge in [0, 0.05) is 17.3 Å². The highest BCUT2D eigenvalue weighted by Crippen LogP contribution is 2.33. The summed E-state index contributed by atoms with van der Waals surface area (Å²) in [5, 5.41) is 0.663. The van der Waals surface area contributed by atoms with Gasteiger partial charge in [-0.15, -0.1) is 0 Å². The van der Waals surface area contributed by atoms with Gasteiger partial charge in [0.2, 0.25) is 0 Å². The third-order valence-corrected chi connectivity index (χ3v) is 3.67. The van der Waals surface area contributed by atoms with Crippen LogP contribution >= 0.6 is 11.6 Å². The molecule has 3 aromatic rings. The summed E-state index contributed by atoms with van der Waals surface area (Å²) in [4.78, 5) is 4.73. The molecule has 2 N–H and O–H groups in total. The highest BCUT2D eigenvalue weighted by atomic mass is 35.5. The summed E-state index contributed by atoms with van der Waals surface area (Å²) in [6.45, 7) is 4.27. The number of nitrogens with zero attached hydrogens (tertiary/aromatic N) is 2. The summed E-state index contributed by atoms with van der Waals surface area (Å²) in [5.41, 5.74) is 9.52. The summed E-state index contributed by atoms with van der Waals surface area (Å²) in [7, 11) is 0. The first-order valence-electron chi connectivity index (χ1n) is 6.60. The first-order valence-corrected chi connectivity index (χ1v) is 6.98. The molecule has 0 radical (unpaired) electrons. The summed E-state index contributed by atoms with van der Waals surface area (Å²) < 4.78 is 2.19. The van der Waals surface area contributed by atoms with Crippen molar-refractivity contribution >= 4 is 28.3 Å². The first-order chi connectivity index (χ1) is 9.58. The molecular weight excluding hydrogens is 270 g/mol. The van der Waals surface area contributed by atoms with E-state index in [-0.39, 0.29) is 6.04 Å². The quantitative estimate of drug-likeness (QED) is 0.704. The molecule has 0 bridgehead atoms.